The molecule has 2 aliphatic heterocycles. The Morgan fingerprint density at radius 3 is 2.39 bits per heavy atom. The molecular weight excluding hydrogens is 403 g/mol. The summed E-state index contributed by atoms with van der Waals surface area (Å²) in [7, 11) is 0. The SMILES string of the molecule is CCNC(=NCC(=O)N1CCCC1)N1CCC2(CCCC2)C1.I. The molecule has 0 aromatic heterocycles. The number of carbonyl (C=O) groups is 1. The van der Waals surface area contributed by atoms with Gasteiger partial charge in [-0.05, 0) is 44.4 Å². The molecule has 1 spiro atoms. The Hall–Kier alpha value is -0.530. The molecular formula is C17H31IN4O. The highest BCUT2D eigenvalue weighted by Crippen LogP contribution is 2.45. The number of guanidine groups is 1. The number of likely N-dealkylation sites (tertiary alicyclic amines) is 2. The van der Waals surface area contributed by atoms with E-state index in [9.17, 15) is 4.79 Å². The Morgan fingerprint density at radius 2 is 1.74 bits per heavy atom. The fraction of sp³-hybridized carbons (Fsp3) is 0.882. The Labute approximate surface area is 157 Å². The number of halogens is 1. The van der Waals surface area contributed by atoms with Gasteiger partial charge in [-0.2, -0.15) is 0 Å². The predicted molar refractivity (Wildman–Crippen MR) is 104 cm³/mol. The third-order valence-corrected chi connectivity index (χ3v) is 5.56. The molecule has 0 atom stereocenters. The third-order valence-electron chi connectivity index (χ3n) is 5.56. The first-order chi connectivity index (χ1) is 10.7. The van der Waals surface area contributed by atoms with Crippen molar-refractivity contribution in [2.24, 2.45) is 10.4 Å². The van der Waals surface area contributed by atoms with Crippen molar-refractivity contribution in [3.8, 4) is 0 Å². The van der Waals surface area contributed by atoms with Gasteiger partial charge in [0.25, 0.3) is 0 Å². The van der Waals surface area contributed by atoms with Gasteiger partial charge in [0, 0.05) is 32.7 Å². The van der Waals surface area contributed by atoms with E-state index in [-0.39, 0.29) is 29.9 Å². The highest BCUT2D eigenvalue weighted by atomic mass is 127. The van der Waals surface area contributed by atoms with E-state index in [1.54, 1.807) is 0 Å². The molecule has 0 aromatic rings. The lowest BCUT2D eigenvalue weighted by molar-refractivity contribution is -0.128. The van der Waals surface area contributed by atoms with Crippen molar-refractivity contribution in [1.29, 1.82) is 0 Å². The van der Waals surface area contributed by atoms with Crippen LogP contribution in [0, 0.1) is 5.41 Å². The zero-order valence-electron chi connectivity index (χ0n) is 14.4. The number of amides is 1. The molecule has 132 valence electrons. The minimum Gasteiger partial charge on any atom is -0.357 e. The fourth-order valence-corrected chi connectivity index (χ4v) is 4.28. The van der Waals surface area contributed by atoms with Crippen molar-refractivity contribution in [3.05, 3.63) is 0 Å². The summed E-state index contributed by atoms with van der Waals surface area (Å²) >= 11 is 0. The maximum atomic E-state index is 12.2. The van der Waals surface area contributed by atoms with Crippen LogP contribution in [0.1, 0.15) is 51.9 Å². The van der Waals surface area contributed by atoms with Crippen LogP contribution in [0.5, 0.6) is 0 Å². The lowest BCUT2D eigenvalue weighted by Crippen LogP contribution is -2.42. The zero-order chi connectivity index (χ0) is 15.4. The van der Waals surface area contributed by atoms with Gasteiger partial charge in [0.15, 0.2) is 5.96 Å². The molecule has 3 rings (SSSR count). The molecule has 5 nitrogen and oxygen atoms in total. The Balaban J connectivity index is 0.00000192. The second-order valence-electron chi connectivity index (χ2n) is 7.14. The van der Waals surface area contributed by atoms with Crippen molar-refractivity contribution in [1.82, 2.24) is 15.1 Å². The average molecular weight is 434 g/mol. The maximum Gasteiger partial charge on any atom is 0.244 e. The van der Waals surface area contributed by atoms with Crippen molar-refractivity contribution >= 4 is 35.8 Å². The first-order valence-electron chi connectivity index (χ1n) is 9.03. The standard InChI is InChI=1S/C17H30N4O.HI/c1-2-18-16(19-13-15(22)20-10-5-6-11-20)21-12-9-17(14-21)7-3-4-8-17;/h2-14H2,1H3,(H,18,19);1H. The number of nitrogens with one attached hydrogen (secondary N) is 1. The normalized spacial score (nSPS) is 23.4. The van der Waals surface area contributed by atoms with E-state index >= 15 is 0 Å². The number of nitrogens with zero attached hydrogens (tertiary/aromatic N) is 3. The Morgan fingerprint density at radius 1 is 1.04 bits per heavy atom. The molecule has 0 unspecified atom stereocenters. The van der Waals surface area contributed by atoms with E-state index in [0.29, 0.717) is 12.0 Å². The molecule has 1 saturated carbocycles. The van der Waals surface area contributed by atoms with Gasteiger partial charge in [-0.15, -0.1) is 24.0 Å². The van der Waals surface area contributed by atoms with Gasteiger partial charge in [0.2, 0.25) is 5.91 Å². The molecule has 1 N–H and O–H groups in total. The summed E-state index contributed by atoms with van der Waals surface area (Å²) in [4.78, 5) is 21.2. The van der Waals surface area contributed by atoms with Crippen molar-refractivity contribution in [2.45, 2.75) is 51.9 Å². The number of hydrogen-bond donors (Lipinski definition) is 1. The minimum absolute atomic E-state index is 0. The van der Waals surface area contributed by atoms with Crippen LogP contribution in [0.25, 0.3) is 0 Å². The van der Waals surface area contributed by atoms with Crippen LogP contribution in [-0.2, 0) is 4.79 Å². The van der Waals surface area contributed by atoms with Gasteiger partial charge in [-0.25, -0.2) is 4.99 Å². The summed E-state index contributed by atoms with van der Waals surface area (Å²) in [5.41, 5.74) is 0.537. The molecule has 6 heteroatoms. The van der Waals surface area contributed by atoms with Crippen LogP contribution in [0.3, 0.4) is 0 Å². The maximum absolute atomic E-state index is 12.2. The summed E-state index contributed by atoms with van der Waals surface area (Å²) in [6, 6.07) is 0. The van der Waals surface area contributed by atoms with Gasteiger partial charge in [-0.3, -0.25) is 4.79 Å². The second kappa shape index (κ2) is 8.53. The van der Waals surface area contributed by atoms with Crippen LogP contribution >= 0.6 is 24.0 Å². The lowest BCUT2D eigenvalue weighted by Gasteiger charge is -2.26. The van der Waals surface area contributed by atoms with E-state index in [1.807, 2.05) is 4.90 Å². The van der Waals surface area contributed by atoms with Crippen LogP contribution < -0.4 is 5.32 Å². The quantitative estimate of drug-likeness (QED) is 0.422. The van der Waals surface area contributed by atoms with Gasteiger partial charge in [0.1, 0.15) is 6.54 Å². The van der Waals surface area contributed by atoms with Crippen LogP contribution in [0.4, 0.5) is 0 Å². The highest BCUT2D eigenvalue weighted by molar-refractivity contribution is 14.0. The smallest absolute Gasteiger partial charge is 0.244 e. The van der Waals surface area contributed by atoms with E-state index in [0.717, 1.165) is 51.5 Å². The largest absolute Gasteiger partial charge is 0.357 e. The Kier molecular flexibility index (Phi) is 6.98. The number of aliphatic imine (C=N–C) groups is 1. The van der Waals surface area contributed by atoms with Gasteiger partial charge in [0.05, 0.1) is 0 Å². The van der Waals surface area contributed by atoms with Crippen molar-refractivity contribution < 1.29 is 4.79 Å². The Bertz CT molecular complexity index is 428. The van der Waals surface area contributed by atoms with E-state index in [4.69, 9.17) is 0 Å². The first kappa shape index (κ1) is 18.8. The monoisotopic (exact) mass is 434 g/mol. The number of rotatable bonds is 3. The fourth-order valence-electron chi connectivity index (χ4n) is 4.28. The highest BCUT2D eigenvalue weighted by Gasteiger charge is 2.41. The van der Waals surface area contributed by atoms with Gasteiger partial charge in [-0.1, -0.05) is 12.8 Å². The van der Waals surface area contributed by atoms with Gasteiger partial charge >= 0.3 is 0 Å². The van der Waals surface area contributed by atoms with Crippen molar-refractivity contribution in [2.75, 3.05) is 39.3 Å². The summed E-state index contributed by atoms with van der Waals surface area (Å²) in [5.74, 6) is 1.13. The molecule has 1 amide bonds. The van der Waals surface area contributed by atoms with E-state index in [2.05, 4.69) is 22.1 Å². The molecule has 0 aromatic carbocycles. The second-order valence-corrected chi connectivity index (χ2v) is 7.14. The summed E-state index contributed by atoms with van der Waals surface area (Å²) < 4.78 is 0. The summed E-state index contributed by atoms with van der Waals surface area (Å²) in [6.07, 6.45) is 9.08. The minimum atomic E-state index is 0. The number of hydrogen-bond acceptors (Lipinski definition) is 2. The third kappa shape index (κ3) is 4.51. The summed E-state index contributed by atoms with van der Waals surface area (Å²) in [6.45, 7) is 7.29. The molecule has 3 aliphatic rings. The molecule has 1 aliphatic carbocycles. The van der Waals surface area contributed by atoms with Crippen LogP contribution in [0.15, 0.2) is 4.99 Å². The predicted octanol–water partition coefficient (Wildman–Crippen LogP) is 2.46. The van der Waals surface area contributed by atoms with Crippen molar-refractivity contribution in [3.63, 3.8) is 0 Å². The average Bonchev–Trinajstić information content (AvgIpc) is 3.27. The molecule has 3 fully saturated rings. The molecule has 2 saturated heterocycles. The van der Waals surface area contributed by atoms with Crippen LogP contribution in [0.2, 0.25) is 0 Å². The molecule has 0 radical (unpaired) electrons. The van der Waals surface area contributed by atoms with E-state index < -0.39 is 0 Å². The van der Waals surface area contributed by atoms with Crippen LogP contribution in [-0.4, -0.2) is 60.9 Å². The topological polar surface area (TPSA) is 47.9 Å². The molecule has 23 heavy (non-hydrogen) atoms. The zero-order valence-corrected chi connectivity index (χ0v) is 16.7. The first-order valence-corrected chi connectivity index (χ1v) is 9.03. The number of carbonyl (C=O) groups excluding carboxylic acids is 1. The molecule has 0 bridgehead atoms. The lowest BCUT2D eigenvalue weighted by atomic mass is 9.86. The molecule has 2 heterocycles. The summed E-state index contributed by atoms with van der Waals surface area (Å²) in [5, 5.41) is 3.38. The van der Waals surface area contributed by atoms with E-state index in [1.165, 1.54) is 32.1 Å². The van der Waals surface area contributed by atoms with Gasteiger partial charge < -0.3 is 15.1 Å².